The van der Waals surface area contributed by atoms with Gasteiger partial charge in [0.2, 0.25) is 15.9 Å². The number of non-ortho nitro benzene ring substituents is 1. The highest BCUT2D eigenvalue weighted by atomic mass is 32.2. The van der Waals surface area contributed by atoms with Crippen molar-refractivity contribution in [3.05, 3.63) is 64.2 Å². The second kappa shape index (κ2) is 9.38. The summed E-state index contributed by atoms with van der Waals surface area (Å²) in [6.45, 7) is 1.10. The Morgan fingerprint density at radius 1 is 1.07 bits per heavy atom. The Morgan fingerprint density at radius 2 is 1.69 bits per heavy atom. The first-order valence-electron chi connectivity index (χ1n) is 9.07. The second-order valence-corrected chi connectivity index (χ2v) is 9.52. The van der Waals surface area contributed by atoms with Crippen LogP contribution in [-0.2, 0) is 20.6 Å². The van der Waals surface area contributed by atoms with Gasteiger partial charge >= 0.3 is 0 Å². The Labute approximate surface area is 173 Å². The fourth-order valence-corrected chi connectivity index (χ4v) is 5.27. The highest BCUT2D eigenvalue weighted by Gasteiger charge is 2.26. The molecule has 1 saturated heterocycles. The molecule has 1 heterocycles. The first-order chi connectivity index (χ1) is 13.9. The molecule has 0 atom stereocenters. The highest BCUT2D eigenvalue weighted by Crippen LogP contribution is 2.22. The molecule has 0 spiro atoms. The molecule has 0 unspecified atom stereocenters. The Kier molecular flexibility index (Phi) is 6.88. The van der Waals surface area contributed by atoms with Crippen LogP contribution in [0.5, 0.6) is 0 Å². The highest BCUT2D eigenvalue weighted by molar-refractivity contribution is 7.99. The van der Waals surface area contributed by atoms with Gasteiger partial charge in [0.25, 0.3) is 5.69 Å². The molecule has 0 radical (unpaired) electrons. The Morgan fingerprint density at radius 3 is 2.28 bits per heavy atom. The molecule has 0 saturated carbocycles. The van der Waals surface area contributed by atoms with E-state index in [1.54, 1.807) is 24.3 Å². The number of carbonyl (C=O) groups excluding carboxylic acids is 1. The number of nitrogens with zero attached hydrogens (tertiary/aromatic N) is 2. The third kappa shape index (κ3) is 5.55. The minimum atomic E-state index is -3.46. The van der Waals surface area contributed by atoms with Gasteiger partial charge in [0.05, 0.1) is 15.6 Å². The van der Waals surface area contributed by atoms with E-state index in [4.69, 9.17) is 0 Å². The van der Waals surface area contributed by atoms with Gasteiger partial charge in [0.15, 0.2) is 0 Å². The van der Waals surface area contributed by atoms with Crippen molar-refractivity contribution in [1.82, 2.24) is 4.31 Å². The van der Waals surface area contributed by atoms with Crippen LogP contribution < -0.4 is 5.32 Å². The van der Waals surface area contributed by atoms with E-state index < -0.39 is 14.9 Å². The quantitative estimate of drug-likeness (QED) is 0.503. The van der Waals surface area contributed by atoms with Crippen LogP contribution in [0, 0.1) is 10.1 Å². The summed E-state index contributed by atoms with van der Waals surface area (Å²) in [6.07, 6.45) is 1.76. The normalized spacial score (nSPS) is 14.6. The molecule has 0 aromatic heterocycles. The molecule has 2 aromatic carbocycles. The van der Waals surface area contributed by atoms with E-state index in [9.17, 15) is 23.3 Å². The number of sulfonamides is 1. The summed E-state index contributed by atoms with van der Waals surface area (Å²) in [4.78, 5) is 22.5. The van der Waals surface area contributed by atoms with Crippen molar-refractivity contribution in [2.75, 3.05) is 24.2 Å². The number of benzene rings is 2. The summed E-state index contributed by atoms with van der Waals surface area (Å²) in [6, 6.07) is 12.4. The molecule has 1 amide bonds. The number of anilines is 1. The minimum Gasteiger partial charge on any atom is -0.325 e. The maximum atomic E-state index is 12.5. The third-order valence-electron chi connectivity index (χ3n) is 4.49. The topological polar surface area (TPSA) is 110 Å². The Balaban J connectivity index is 1.48. The van der Waals surface area contributed by atoms with Crippen LogP contribution in [0.25, 0.3) is 0 Å². The monoisotopic (exact) mass is 435 g/mol. The fourth-order valence-electron chi connectivity index (χ4n) is 2.96. The smallest absolute Gasteiger partial charge is 0.269 e. The van der Waals surface area contributed by atoms with Gasteiger partial charge in [-0.25, -0.2) is 8.42 Å². The number of amides is 1. The summed E-state index contributed by atoms with van der Waals surface area (Å²) in [5, 5.41) is 13.4. The number of thioether (sulfide) groups is 1. The minimum absolute atomic E-state index is 0.0340. The number of nitrogens with one attached hydrogen (secondary N) is 1. The molecule has 10 heteroatoms. The van der Waals surface area contributed by atoms with E-state index in [0.717, 1.165) is 18.4 Å². The number of rotatable bonds is 8. The zero-order valence-corrected chi connectivity index (χ0v) is 17.2. The lowest BCUT2D eigenvalue weighted by Crippen LogP contribution is -2.27. The number of nitro groups is 1. The van der Waals surface area contributed by atoms with Crippen LogP contribution in [0.15, 0.2) is 53.4 Å². The largest absolute Gasteiger partial charge is 0.325 e. The van der Waals surface area contributed by atoms with E-state index in [-0.39, 0.29) is 22.2 Å². The van der Waals surface area contributed by atoms with Crippen LogP contribution in [0.3, 0.4) is 0 Å². The third-order valence-corrected chi connectivity index (χ3v) is 7.41. The molecule has 0 aliphatic carbocycles. The lowest BCUT2D eigenvalue weighted by Gasteiger charge is -2.15. The van der Waals surface area contributed by atoms with E-state index in [2.05, 4.69) is 5.32 Å². The van der Waals surface area contributed by atoms with Crippen molar-refractivity contribution >= 4 is 39.1 Å². The van der Waals surface area contributed by atoms with E-state index in [1.165, 1.54) is 40.3 Å². The van der Waals surface area contributed by atoms with Crippen LogP contribution in [0.1, 0.15) is 18.4 Å². The zero-order valence-electron chi connectivity index (χ0n) is 15.6. The van der Waals surface area contributed by atoms with Gasteiger partial charge in [-0.15, -0.1) is 11.8 Å². The number of hydrogen-bond donors (Lipinski definition) is 1. The maximum absolute atomic E-state index is 12.5. The van der Waals surface area contributed by atoms with Gasteiger partial charge in [-0.2, -0.15) is 4.31 Å². The number of carbonyl (C=O) groups is 1. The van der Waals surface area contributed by atoms with E-state index in [1.807, 2.05) is 0 Å². The molecule has 0 bridgehead atoms. The van der Waals surface area contributed by atoms with Gasteiger partial charge in [-0.1, -0.05) is 12.1 Å². The molecule has 2 aromatic rings. The molecule has 3 rings (SSSR count). The molecule has 1 aliphatic rings. The Bertz CT molecular complexity index is 970. The first kappa shape index (κ1) is 21.3. The maximum Gasteiger partial charge on any atom is 0.269 e. The summed E-state index contributed by atoms with van der Waals surface area (Å²) in [5.41, 5.74) is 1.46. The fraction of sp³-hybridized carbons (Fsp3) is 0.316. The molecule has 154 valence electrons. The van der Waals surface area contributed by atoms with Crippen molar-refractivity contribution in [2.24, 2.45) is 0 Å². The average molecular weight is 436 g/mol. The van der Waals surface area contributed by atoms with Crippen molar-refractivity contribution in [1.29, 1.82) is 0 Å². The van der Waals surface area contributed by atoms with Gasteiger partial charge in [0.1, 0.15) is 0 Å². The molecule has 1 N–H and O–H groups in total. The van der Waals surface area contributed by atoms with Gasteiger partial charge in [-0.3, -0.25) is 14.9 Å². The van der Waals surface area contributed by atoms with Gasteiger partial charge in [0, 0.05) is 36.7 Å². The summed E-state index contributed by atoms with van der Waals surface area (Å²) < 4.78 is 26.5. The van der Waals surface area contributed by atoms with Crippen LogP contribution in [0.2, 0.25) is 0 Å². The molecular weight excluding hydrogens is 414 g/mol. The van der Waals surface area contributed by atoms with E-state index in [0.29, 0.717) is 24.5 Å². The lowest BCUT2D eigenvalue weighted by molar-refractivity contribution is -0.384. The predicted molar refractivity (Wildman–Crippen MR) is 112 cm³/mol. The lowest BCUT2D eigenvalue weighted by atomic mass is 10.2. The summed E-state index contributed by atoms with van der Waals surface area (Å²) >= 11 is 1.39. The van der Waals surface area contributed by atoms with E-state index >= 15 is 0 Å². The predicted octanol–water partition coefficient (Wildman–Crippen LogP) is 3.25. The van der Waals surface area contributed by atoms with Crippen molar-refractivity contribution < 1.29 is 18.1 Å². The second-order valence-electron chi connectivity index (χ2n) is 6.60. The van der Waals surface area contributed by atoms with Crippen LogP contribution in [0.4, 0.5) is 11.4 Å². The number of nitro benzene ring substituents is 1. The molecule has 29 heavy (non-hydrogen) atoms. The summed E-state index contributed by atoms with van der Waals surface area (Å²) in [5.74, 6) is 0.565. The van der Waals surface area contributed by atoms with Gasteiger partial charge in [-0.05, 0) is 42.7 Å². The SMILES string of the molecule is O=C(CSCc1ccc([N+](=O)[O-])cc1)Nc1ccc(S(=O)(=O)N2CCCC2)cc1. The van der Waals surface area contributed by atoms with Crippen LogP contribution in [-0.4, -0.2) is 42.4 Å². The molecule has 1 aliphatic heterocycles. The first-order valence-corrected chi connectivity index (χ1v) is 11.7. The standard InChI is InChI=1S/C19H21N3O5S2/c23-19(14-28-13-15-3-7-17(8-4-15)22(24)25)20-16-5-9-18(10-6-16)29(26,27)21-11-1-2-12-21/h3-10H,1-2,11-14H2,(H,20,23). The molecule has 8 nitrogen and oxygen atoms in total. The Hall–Kier alpha value is -2.43. The zero-order chi connectivity index (χ0) is 20.9. The summed E-state index contributed by atoms with van der Waals surface area (Å²) in [7, 11) is -3.46. The molecular formula is C19H21N3O5S2. The molecule has 1 fully saturated rings. The van der Waals surface area contributed by atoms with Crippen molar-refractivity contribution in [3.8, 4) is 0 Å². The number of hydrogen-bond acceptors (Lipinski definition) is 6. The average Bonchev–Trinajstić information content (AvgIpc) is 3.24. The van der Waals surface area contributed by atoms with Crippen molar-refractivity contribution in [3.63, 3.8) is 0 Å². The van der Waals surface area contributed by atoms with Crippen LogP contribution >= 0.6 is 11.8 Å². The van der Waals surface area contributed by atoms with Gasteiger partial charge < -0.3 is 5.32 Å². The van der Waals surface area contributed by atoms with Crippen molar-refractivity contribution in [2.45, 2.75) is 23.5 Å².